The molecule has 5 rings (SSSR count). The molecule has 1 aliphatic rings. The second-order valence-corrected chi connectivity index (χ2v) is 8.47. The molecule has 0 spiro atoms. The molecule has 1 fully saturated rings. The van der Waals surface area contributed by atoms with Crippen LogP contribution >= 0.6 is 0 Å². The van der Waals surface area contributed by atoms with Crippen LogP contribution in [-0.4, -0.2) is 57.0 Å². The number of nitrogens with zero attached hydrogens (tertiary/aromatic N) is 6. The number of urea groups is 1. The van der Waals surface area contributed by atoms with Crippen LogP contribution < -0.4 is 16.0 Å². The first-order valence-electron chi connectivity index (χ1n) is 11.1. The van der Waals surface area contributed by atoms with Gasteiger partial charge in [0.25, 0.3) is 0 Å². The van der Waals surface area contributed by atoms with Crippen molar-refractivity contribution in [2.24, 2.45) is 5.73 Å². The van der Waals surface area contributed by atoms with Crippen LogP contribution in [0.1, 0.15) is 24.1 Å². The first-order valence-corrected chi connectivity index (χ1v) is 11.1. The molecular weight excluding hydrogens is 435 g/mol. The Hall–Kier alpha value is -4.08. The fourth-order valence-corrected chi connectivity index (χ4v) is 4.31. The molecule has 4 heterocycles. The van der Waals surface area contributed by atoms with Gasteiger partial charge in [-0.15, -0.1) is 0 Å². The Kier molecular flexibility index (Phi) is 5.56. The molecule has 0 bridgehead atoms. The summed E-state index contributed by atoms with van der Waals surface area (Å²) in [4.78, 5) is 33.3. The zero-order chi connectivity index (χ0) is 23.8. The van der Waals surface area contributed by atoms with E-state index in [0.29, 0.717) is 48.6 Å². The number of carbonyl (C=O) groups is 1. The number of nitrogens with two attached hydrogens (primary N) is 1. The number of piperazine rings is 1. The van der Waals surface area contributed by atoms with Crippen LogP contribution in [0.25, 0.3) is 21.9 Å². The lowest BCUT2D eigenvalue weighted by Gasteiger charge is -2.36. The van der Waals surface area contributed by atoms with Gasteiger partial charge in [-0.2, -0.15) is 0 Å². The smallest absolute Gasteiger partial charge is 0.314 e. The van der Waals surface area contributed by atoms with Crippen LogP contribution in [0.4, 0.5) is 20.8 Å². The van der Waals surface area contributed by atoms with Crippen LogP contribution in [0.2, 0.25) is 0 Å². The molecule has 0 aliphatic carbocycles. The van der Waals surface area contributed by atoms with Crippen molar-refractivity contribution in [2.75, 3.05) is 36.4 Å². The average Bonchev–Trinajstić information content (AvgIpc) is 2.84. The van der Waals surface area contributed by atoms with Crippen molar-refractivity contribution >= 4 is 39.6 Å². The van der Waals surface area contributed by atoms with Gasteiger partial charge in [0.2, 0.25) is 0 Å². The van der Waals surface area contributed by atoms with E-state index >= 15 is 0 Å². The van der Waals surface area contributed by atoms with E-state index in [1.165, 1.54) is 12.4 Å². The van der Waals surface area contributed by atoms with Gasteiger partial charge < -0.3 is 20.9 Å². The fraction of sp³-hybridized carbons (Fsp3) is 0.292. The number of nitrogens with one attached hydrogen (secondary N) is 1. The molecule has 1 aromatic carbocycles. The zero-order valence-electron chi connectivity index (χ0n) is 19.0. The summed E-state index contributed by atoms with van der Waals surface area (Å²) in [5, 5.41) is 4.31. The summed E-state index contributed by atoms with van der Waals surface area (Å²) in [6.07, 6.45) is 3.22. The highest BCUT2D eigenvalue weighted by molar-refractivity contribution is 5.86. The summed E-state index contributed by atoms with van der Waals surface area (Å²) >= 11 is 0. The summed E-state index contributed by atoms with van der Waals surface area (Å²) in [7, 11) is 0. The van der Waals surface area contributed by atoms with Gasteiger partial charge in [0, 0.05) is 49.4 Å². The van der Waals surface area contributed by atoms with Crippen molar-refractivity contribution < 1.29 is 9.18 Å². The van der Waals surface area contributed by atoms with E-state index in [-0.39, 0.29) is 11.9 Å². The zero-order valence-corrected chi connectivity index (χ0v) is 19.0. The molecule has 1 aliphatic heterocycles. The van der Waals surface area contributed by atoms with Crippen molar-refractivity contribution in [3.63, 3.8) is 0 Å². The third-order valence-electron chi connectivity index (χ3n) is 6.21. The number of hydrogen-bond donors (Lipinski definition) is 2. The van der Waals surface area contributed by atoms with Crippen molar-refractivity contribution in [1.29, 1.82) is 0 Å². The number of aryl methyl sites for hydroxylation is 1. The second kappa shape index (κ2) is 8.69. The van der Waals surface area contributed by atoms with E-state index < -0.39 is 6.03 Å². The maximum absolute atomic E-state index is 14.3. The number of fused-ring (bicyclic) bond motifs is 2. The quantitative estimate of drug-likeness (QED) is 0.480. The maximum Gasteiger partial charge on any atom is 0.314 e. The number of hydrogen-bond acceptors (Lipinski definition) is 7. The lowest BCUT2D eigenvalue weighted by molar-refractivity contribution is 0.204. The topological polar surface area (TPSA) is 113 Å². The van der Waals surface area contributed by atoms with Gasteiger partial charge in [0.15, 0.2) is 5.82 Å². The predicted octanol–water partition coefficient (Wildman–Crippen LogP) is 3.39. The van der Waals surface area contributed by atoms with E-state index in [4.69, 9.17) is 10.7 Å². The molecule has 0 saturated carbocycles. The largest absolute Gasteiger partial charge is 0.361 e. The first kappa shape index (κ1) is 21.7. The summed E-state index contributed by atoms with van der Waals surface area (Å²) in [5.74, 6) is 1.08. The number of amides is 2. The molecule has 1 atom stereocenters. The SMILES string of the molecule is Cc1cc2cc([C@H](C)Nc3ncnc4cccnc34)c(N3CCN(C(N)=O)CC3)nc2cc1F. The van der Waals surface area contributed by atoms with Gasteiger partial charge in [0.1, 0.15) is 23.5 Å². The molecular formula is C24H25FN8O. The van der Waals surface area contributed by atoms with Crippen LogP contribution in [0, 0.1) is 12.7 Å². The maximum atomic E-state index is 14.3. The van der Waals surface area contributed by atoms with Crippen LogP contribution in [0.3, 0.4) is 0 Å². The average molecular weight is 461 g/mol. The lowest BCUT2D eigenvalue weighted by Crippen LogP contribution is -2.51. The van der Waals surface area contributed by atoms with E-state index in [9.17, 15) is 9.18 Å². The minimum absolute atomic E-state index is 0.188. The number of carbonyl (C=O) groups excluding carboxylic acids is 1. The van der Waals surface area contributed by atoms with Gasteiger partial charge in [-0.05, 0) is 43.7 Å². The molecule has 0 unspecified atom stereocenters. The lowest BCUT2D eigenvalue weighted by atomic mass is 10.0. The van der Waals surface area contributed by atoms with E-state index in [0.717, 1.165) is 22.3 Å². The van der Waals surface area contributed by atoms with Gasteiger partial charge in [-0.1, -0.05) is 0 Å². The second-order valence-electron chi connectivity index (χ2n) is 8.47. The number of pyridine rings is 2. The molecule has 2 amide bonds. The third-order valence-corrected chi connectivity index (χ3v) is 6.21. The molecule has 174 valence electrons. The normalized spacial score (nSPS) is 15.0. The van der Waals surface area contributed by atoms with Crippen LogP contribution in [0.5, 0.6) is 0 Å². The van der Waals surface area contributed by atoms with Gasteiger partial charge in [0.05, 0.1) is 17.1 Å². The number of benzene rings is 1. The third kappa shape index (κ3) is 4.02. The number of aromatic nitrogens is 4. The summed E-state index contributed by atoms with van der Waals surface area (Å²) in [6.45, 7) is 5.92. The minimum atomic E-state index is -0.429. The summed E-state index contributed by atoms with van der Waals surface area (Å²) in [6, 6.07) is 8.43. The van der Waals surface area contributed by atoms with Crippen molar-refractivity contribution in [3.8, 4) is 0 Å². The molecule has 1 saturated heterocycles. The van der Waals surface area contributed by atoms with Crippen molar-refractivity contribution in [1.82, 2.24) is 24.8 Å². The minimum Gasteiger partial charge on any atom is -0.361 e. The van der Waals surface area contributed by atoms with E-state index in [1.807, 2.05) is 31.2 Å². The Labute approximate surface area is 195 Å². The van der Waals surface area contributed by atoms with Crippen LogP contribution in [-0.2, 0) is 0 Å². The monoisotopic (exact) mass is 460 g/mol. The Morgan fingerprint density at radius 2 is 1.91 bits per heavy atom. The van der Waals surface area contributed by atoms with E-state index in [2.05, 4.69) is 25.2 Å². The first-order chi connectivity index (χ1) is 16.4. The molecule has 9 nitrogen and oxygen atoms in total. The van der Waals surface area contributed by atoms with Gasteiger partial charge in [-0.25, -0.2) is 24.1 Å². The van der Waals surface area contributed by atoms with Crippen LogP contribution in [0.15, 0.2) is 42.9 Å². The molecule has 3 N–H and O–H groups in total. The number of halogens is 1. The highest BCUT2D eigenvalue weighted by Gasteiger charge is 2.25. The highest BCUT2D eigenvalue weighted by Crippen LogP contribution is 2.32. The Morgan fingerprint density at radius 3 is 2.68 bits per heavy atom. The predicted molar refractivity (Wildman–Crippen MR) is 129 cm³/mol. The van der Waals surface area contributed by atoms with Gasteiger partial charge in [-0.3, -0.25) is 4.98 Å². The Morgan fingerprint density at radius 1 is 1.12 bits per heavy atom. The molecule has 10 heteroatoms. The number of primary amides is 1. The molecule has 3 aromatic heterocycles. The summed E-state index contributed by atoms with van der Waals surface area (Å²) < 4.78 is 14.3. The Bertz CT molecular complexity index is 1380. The summed E-state index contributed by atoms with van der Waals surface area (Å²) in [5.41, 5.74) is 8.96. The number of anilines is 2. The Balaban J connectivity index is 1.55. The van der Waals surface area contributed by atoms with E-state index in [1.54, 1.807) is 18.0 Å². The van der Waals surface area contributed by atoms with Crippen molar-refractivity contribution in [2.45, 2.75) is 19.9 Å². The van der Waals surface area contributed by atoms with Gasteiger partial charge >= 0.3 is 6.03 Å². The number of rotatable bonds is 4. The molecule has 4 aromatic rings. The molecule has 0 radical (unpaired) electrons. The standard InChI is InChI=1S/C24H25FN8O/c1-14-10-16-11-17(15(2)30-22-21-19(28-13-29-22)4-3-5-27-21)23(31-20(16)12-18(14)25)32-6-8-33(9-7-32)24(26)34/h3-5,10-13,15H,6-9H2,1-2H3,(H2,26,34)(H,28,29,30)/t15-/m0/s1. The van der Waals surface area contributed by atoms with Crippen molar-refractivity contribution in [3.05, 3.63) is 59.8 Å². The highest BCUT2D eigenvalue weighted by atomic mass is 19.1. The fourth-order valence-electron chi connectivity index (χ4n) is 4.31. The molecule has 34 heavy (non-hydrogen) atoms.